The molecule has 0 saturated heterocycles. The van der Waals surface area contributed by atoms with E-state index in [1.165, 1.54) is 5.56 Å². The highest BCUT2D eigenvalue weighted by Gasteiger charge is 2.25. The van der Waals surface area contributed by atoms with Crippen molar-refractivity contribution in [3.8, 4) is 0 Å². The van der Waals surface area contributed by atoms with Crippen LogP contribution in [0.15, 0.2) is 24.5 Å². The van der Waals surface area contributed by atoms with Gasteiger partial charge in [0.05, 0.1) is 5.69 Å². The molecule has 1 amide bonds. The van der Waals surface area contributed by atoms with Crippen LogP contribution in [0.5, 0.6) is 0 Å². The normalized spacial score (nSPS) is 14.8. The molecule has 0 saturated carbocycles. The summed E-state index contributed by atoms with van der Waals surface area (Å²) in [4.78, 5) is 12.8. The largest absolute Gasteiger partial charge is 0.342 e. The summed E-state index contributed by atoms with van der Waals surface area (Å²) < 4.78 is 3.78. The number of carbonyl (C=O) groups is 1. The first kappa shape index (κ1) is 15.6. The Bertz CT molecular complexity index is 651. The maximum atomic E-state index is 12.8. The number of nitrogens with one attached hydrogen (secondary N) is 1. The lowest BCUT2D eigenvalue weighted by Crippen LogP contribution is -2.27. The smallest absolute Gasteiger partial charge is 0.248 e. The third-order valence-electron chi connectivity index (χ3n) is 3.84. The summed E-state index contributed by atoms with van der Waals surface area (Å²) >= 11 is 3.61. The minimum Gasteiger partial charge on any atom is -0.342 e. The van der Waals surface area contributed by atoms with Crippen molar-refractivity contribution in [3.05, 3.63) is 35.8 Å². The van der Waals surface area contributed by atoms with E-state index in [1.54, 1.807) is 16.4 Å². The molecule has 22 heavy (non-hydrogen) atoms. The molecule has 0 bridgehead atoms. The molecule has 0 spiro atoms. The van der Waals surface area contributed by atoms with E-state index >= 15 is 0 Å². The molecule has 5 nitrogen and oxygen atoms in total. The fourth-order valence-corrected chi connectivity index (χ4v) is 4.19. The van der Waals surface area contributed by atoms with Crippen molar-refractivity contribution >= 4 is 35.2 Å². The van der Waals surface area contributed by atoms with Crippen molar-refractivity contribution in [1.29, 1.82) is 0 Å². The SMILES string of the molecule is CSCCC(C(=O)Nc1c2c(nn1C)CSC2)n1cccc1. The molecule has 1 aliphatic rings. The van der Waals surface area contributed by atoms with E-state index < -0.39 is 0 Å². The standard InChI is InChI=1S/C15H20N4OS2/c1-18-14(11-9-22-10-12(11)17-18)16-15(20)13(5-8-21-2)19-6-3-4-7-19/h3-4,6-7,13H,5,8-10H2,1-2H3,(H,16,20). The molecule has 0 aliphatic carbocycles. The van der Waals surface area contributed by atoms with Gasteiger partial charge in [-0.05, 0) is 30.6 Å². The number of rotatable bonds is 6. The van der Waals surface area contributed by atoms with E-state index in [2.05, 4.69) is 16.7 Å². The van der Waals surface area contributed by atoms with E-state index in [0.717, 1.165) is 35.2 Å². The van der Waals surface area contributed by atoms with Crippen molar-refractivity contribution in [2.75, 3.05) is 17.3 Å². The van der Waals surface area contributed by atoms with Crippen molar-refractivity contribution in [1.82, 2.24) is 14.3 Å². The lowest BCUT2D eigenvalue weighted by atomic mass is 10.2. The highest BCUT2D eigenvalue weighted by atomic mass is 32.2. The molecule has 0 aromatic carbocycles. The van der Waals surface area contributed by atoms with Crippen LogP contribution in [0.25, 0.3) is 0 Å². The van der Waals surface area contributed by atoms with Gasteiger partial charge in [0.2, 0.25) is 5.91 Å². The predicted octanol–water partition coefficient (Wildman–Crippen LogP) is 2.90. The number of hydrogen-bond acceptors (Lipinski definition) is 4. The van der Waals surface area contributed by atoms with E-state index in [4.69, 9.17) is 0 Å². The van der Waals surface area contributed by atoms with Gasteiger partial charge in [0.15, 0.2) is 0 Å². The van der Waals surface area contributed by atoms with E-state index in [1.807, 2.05) is 47.9 Å². The second-order valence-corrected chi connectivity index (χ2v) is 7.28. The molecule has 1 N–H and O–H groups in total. The van der Waals surface area contributed by atoms with E-state index in [-0.39, 0.29) is 11.9 Å². The van der Waals surface area contributed by atoms with Gasteiger partial charge >= 0.3 is 0 Å². The topological polar surface area (TPSA) is 51.9 Å². The fraction of sp³-hybridized carbons (Fsp3) is 0.467. The minimum absolute atomic E-state index is 0.0351. The highest BCUT2D eigenvalue weighted by molar-refractivity contribution is 7.98. The Kier molecular flexibility index (Phi) is 4.83. The highest BCUT2D eigenvalue weighted by Crippen LogP contribution is 2.34. The third kappa shape index (κ3) is 3.05. The number of hydrogen-bond donors (Lipinski definition) is 1. The first-order valence-corrected chi connectivity index (χ1v) is 9.80. The van der Waals surface area contributed by atoms with Gasteiger partial charge in [-0.25, -0.2) is 0 Å². The first-order valence-electron chi connectivity index (χ1n) is 7.25. The molecule has 7 heteroatoms. The van der Waals surface area contributed by atoms with Crippen LogP contribution in [0.1, 0.15) is 23.7 Å². The van der Waals surface area contributed by atoms with E-state index in [9.17, 15) is 4.79 Å². The number of aromatic nitrogens is 3. The summed E-state index contributed by atoms with van der Waals surface area (Å²) in [5.41, 5.74) is 2.28. The molecule has 3 heterocycles. The Morgan fingerprint density at radius 1 is 1.45 bits per heavy atom. The number of thioether (sulfide) groups is 2. The number of nitrogens with zero attached hydrogens (tertiary/aromatic N) is 3. The van der Waals surface area contributed by atoms with Crippen LogP contribution in [-0.2, 0) is 23.3 Å². The zero-order valence-electron chi connectivity index (χ0n) is 12.8. The summed E-state index contributed by atoms with van der Waals surface area (Å²) in [7, 11) is 1.89. The number of carbonyl (C=O) groups excluding carboxylic acids is 1. The third-order valence-corrected chi connectivity index (χ3v) is 5.46. The molecule has 118 valence electrons. The van der Waals surface area contributed by atoms with Gasteiger partial charge in [-0.2, -0.15) is 28.6 Å². The molecular weight excluding hydrogens is 316 g/mol. The summed E-state index contributed by atoms with van der Waals surface area (Å²) in [6.45, 7) is 0. The van der Waals surface area contributed by atoms with Crippen LogP contribution in [0.3, 0.4) is 0 Å². The van der Waals surface area contributed by atoms with Crippen LogP contribution >= 0.6 is 23.5 Å². The summed E-state index contributed by atoms with van der Waals surface area (Å²) in [6, 6.07) is 3.73. The zero-order valence-corrected chi connectivity index (χ0v) is 14.4. The van der Waals surface area contributed by atoms with Gasteiger partial charge in [-0.1, -0.05) is 0 Å². The Balaban J connectivity index is 1.79. The van der Waals surface area contributed by atoms with Crippen LogP contribution in [0.4, 0.5) is 5.82 Å². The minimum atomic E-state index is -0.179. The van der Waals surface area contributed by atoms with Crippen LogP contribution in [-0.4, -0.2) is 32.3 Å². The second kappa shape index (κ2) is 6.83. The Morgan fingerprint density at radius 3 is 2.95 bits per heavy atom. The number of aryl methyl sites for hydroxylation is 1. The van der Waals surface area contributed by atoms with Gasteiger partial charge in [0.25, 0.3) is 0 Å². The average molecular weight is 336 g/mol. The number of anilines is 1. The van der Waals surface area contributed by atoms with Crippen molar-refractivity contribution in [3.63, 3.8) is 0 Å². The second-order valence-electron chi connectivity index (χ2n) is 5.31. The van der Waals surface area contributed by atoms with Gasteiger partial charge < -0.3 is 9.88 Å². The van der Waals surface area contributed by atoms with Gasteiger partial charge in [-0.3, -0.25) is 9.48 Å². The molecule has 1 aliphatic heterocycles. The van der Waals surface area contributed by atoms with E-state index in [0.29, 0.717) is 0 Å². The Morgan fingerprint density at radius 2 is 2.23 bits per heavy atom. The molecule has 2 aromatic rings. The molecule has 2 aromatic heterocycles. The molecule has 1 atom stereocenters. The number of amides is 1. The number of fused-ring (bicyclic) bond motifs is 1. The maximum Gasteiger partial charge on any atom is 0.248 e. The maximum absolute atomic E-state index is 12.8. The fourth-order valence-electron chi connectivity index (χ4n) is 2.70. The van der Waals surface area contributed by atoms with Crippen LogP contribution < -0.4 is 5.32 Å². The Hall–Kier alpha value is -1.34. The van der Waals surface area contributed by atoms with Gasteiger partial charge in [0, 0.05) is 36.5 Å². The summed E-state index contributed by atoms with van der Waals surface area (Å²) in [5, 5.41) is 7.60. The summed E-state index contributed by atoms with van der Waals surface area (Å²) in [5.74, 6) is 3.71. The monoisotopic (exact) mass is 336 g/mol. The molecule has 3 rings (SSSR count). The van der Waals surface area contributed by atoms with Crippen molar-refractivity contribution < 1.29 is 4.79 Å². The van der Waals surface area contributed by atoms with Crippen LogP contribution in [0, 0.1) is 0 Å². The van der Waals surface area contributed by atoms with Gasteiger partial charge in [0.1, 0.15) is 11.9 Å². The average Bonchev–Trinajstić information content (AvgIpc) is 3.20. The molecule has 0 radical (unpaired) electrons. The van der Waals surface area contributed by atoms with Crippen LogP contribution in [0.2, 0.25) is 0 Å². The molecule has 0 fully saturated rings. The summed E-state index contributed by atoms with van der Waals surface area (Å²) in [6.07, 6.45) is 6.79. The van der Waals surface area contributed by atoms with Crippen molar-refractivity contribution in [2.45, 2.75) is 24.0 Å². The quantitative estimate of drug-likeness (QED) is 0.881. The Labute approximate surface area is 138 Å². The zero-order chi connectivity index (χ0) is 15.5. The first-order chi connectivity index (χ1) is 10.7. The predicted molar refractivity (Wildman–Crippen MR) is 93.3 cm³/mol. The van der Waals surface area contributed by atoms with Gasteiger partial charge in [-0.15, -0.1) is 0 Å². The lowest BCUT2D eigenvalue weighted by molar-refractivity contribution is -0.119. The molecular formula is C15H20N4OS2. The molecule has 1 unspecified atom stereocenters. The lowest BCUT2D eigenvalue weighted by Gasteiger charge is -2.18. The van der Waals surface area contributed by atoms with Crippen molar-refractivity contribution in [2.24, 2.45) is 7.05 Å².